The van der Waals surface area contributed by atoms with Crippen LogP contribution < -0.4 is 10.0 Å². The first-order chi connectivity index (χ1) is 15.1. The number of allylic oxidation sites excluding steroid dienone is 1. The Bertz CT molecular complexity index is 926. The summed E-state index contributed by atoms with van der Waals surface area (Å²) in [5, 5.41) is 2.87. The summed E-state index contributed by atoms with van der Waals surface area (Å²) in [6.07, 6.45) is 10.9. The first-order valence-electron chi connectivity index (χ1n) is 11.9. The summed E-state index contributed by atoms with van der Waals surface area (Å²) in [5.41, 5.74) is -1.27. The Labute approximate surface area is 190 Å². The van der Waals surface area contributed by atoms with Crippen molar-refractivity contribution in [1.29, 1.82) is 0 Å². The molecule has 2 aliphatic heterocycles. The van der Waals surface area contributed by atoms with E-state index >= 15 is 0 Å². The van der Waals surface area contributed by atoms with Crippen molar-refractivity contribution in [2.24, 2.45) is 11.8 Å². The van der Waals surface area contributed by atoms with Gasteiger partial charge in [-0.25, -0.2) is 8.42 Å². The molecule has 4 atom stereocenters. The maximum atomic E-state index is 13.2. The SMILES string of the molecule is C[C@@H]1CCCC/C=C\[C@@H]2C[C@@]2(C(=O)NS(=O)(=O)C2(C)CC2)NC(=O)[C@@H]2CCCN2C(=O)C1. The van der Waals surface area contributed by atoms with E-state index in [1.807, 2.05) is 12.2 Å². The van der Waals surface area contributed by atoms with E-state index in [1.54, 1.807) is 11.8 Å². The van der Waals surface area contributed by atoms with Crippen LogP contribution in [-0.2, 0) is 24.4 Å². The zero-order valence-corrected chi connectivity index (χ0v) is 19.9. The number of amides is 3. The van der Waals surface area contributed by atoms with Gasteiger partial charge in [0.05, 0.1) is 4.75 Å². The fraction of sp³-hybridized carbons (Fsp3) is 0.783. The van der Waals surface area contributed by atoms with Gasteiger partial charge in [0.25, 0.3) is 5.91 Å². The predicted molar refractivity (Wildman–Crippen MR) is 120 cm³/mol. The van der Waals surface area contributed by atoms with Crippen LogP contribution in [0.1, 0.15) is 78.1 Å². The third kappa shape index (κ3) is 4.45. The van der Waals surface area contributed by atoms with Crippen molar-refractivity contribution < 1.29 is 22.8 Å². The number of hydrogen-bond acceptors (Lipinski definition) is 5. The average molecular weight is 466 g/mol. The van der Waals surface area contributed by atoms with E-state index in [2.05, 4.69) is 17.0 Å². The number of nitrogens with one attached hydrogen (secondary N) is 2. The summed E-state index contributed by atoms with van der Waals surface area (Å²) in [6, 6.07) is -0.604. The van der Waals surface area contributed by atoms with Crippen molar-refractivity contribution in [2.45, 2.75) is 94.4 Å². The second-order valence-corrected chi connectivity index (χ2v) is 12.6. The lowest BCUT2D eigenvalue weighted by Gasteiger charge is -2.28. The lowest BCUT2D eigenvalue weighted by Crippen LogP contribution is -2.57. The molecule has 0 unspecified atom stereocenters. The van der Waals surface area contributed by atoms with Gasteiger partial charge in [-0.2, -0.15) is 0 Å². The zero-order chi connectivity index (χ0) is 23.1. The van der Waals surface area contributed by atoms with E-state index in [-0.39, 0.29) is 23.7 Å². The number of carbonyl (C=O) groups excluding carboxylic acids is 3. The van der Waals surface area contributed by atoms with E-state index in [9.17, 15) is 22.8 Å². The summed E-state index contributed by atoms with van der Waals surface area (Å²) >= 11 is 0. The molecule has 3 amide bonds. The second-order valence-electron chi connectivity index (χ2n) is 10.4. The first-order valence-corrected chi connectivity index (χ1v) is 13.4. The molecule has 0 aromatic heterocycles. The Morgan fingerprint density at radius 1 is 1.19 bits per heavy atom. The second kappa shape index (κ2) is 8.47. The molecule has 1 saturated heterocycles. The smallest absolute Gasteiger partial charge is 0.259 e. The van der Waals surface area contributed by atoms with Crippen molar-refractivity contribution in [2.75, 3.05) is 6.54 Å². The molecule has 178 valence electrons. The largest absolute Gasteiger partial charge is 0.339 e. The van der Waals surface area contributed by atoms with Gasteiger partial charge in [-0.1, -0.05) is 31.9 Å². The van der Waals surface area contributed by atoms with Crippen molar-refractivity contribution in [1.82, 2.24) is 14.9 Å². The molecule has 4 rings (SSSR count). The van der Waals surface area contributed by atoms with Crippen LogP contribution in [0.25, 0.3) is 0 Å². The molecule has 2 saturated carbocycles. The van der Waals surface area contributed by atoms with Gasteiger partial charge in [0.15, 0.2) is 0 Å². The minimum absolute atomic E-state index is 0.0155. The van der Waals surface area contributed by atoms with Crippen molar-refractivity contribution >= 4 is 27.7 Å². The van der Waals surface area contributed by atoms with Crippen LogP contribution in [-0.4, -0.2) is 53.9 Å². The number of carbonyl (C=O) groups is 3. The van der Waals surface area contributed by atoms with Gasteiger partial charge in [-0.15, -0.1) is 0 Å². The van der Waals surface area contributed by atoms with E-state index in [0.29, 0.717) is 38.6 Å². The molecule has 0 aromatic carbocycles. The van der Waals surface area contributed by atoms with Crippen LogP contribution in [0.3, 0.4) is 0 Å². The maximum Gasteiger partial charge on any atom is 0.259 e. The Hall–Kier alpha value is -1.90. The highest BCUT2D eigenvalue weighted by molar-refractivity contribution is 7.91. The molecule has 3 fully saturated rings. The molecule has 2 N–H and O–H groups in total. The first kappa shape index (κ1) is 23.3. The molecular formula is C23H35N3O5S. The summed E-state index contributed by atoms with van der Waals surface area (Å²) in [6.45, 7) is 4.24. The van der Waals surface area contributed by atoms with E-state index in [1.165, 1.54) is 0 Å². The Morgan fingerprint density at radius 2 is 1.94 bits per heavy atom. The van der Waals surface area contributed by atoms with Gasteiger partial charge in [0.1, 0.15) is 11.6 Å². The van der Waals surface area contributed by atoms with Gasteiger partial charge < -0.3 is 10.2 Å². The van der Waals surface area contributed by atoms with Gasteiger partial charge in [-0.3, -0.25) is 19.1 Å². The number of rotatable bonds is 3. The van der Waals surface area contributed by atoms with E-state index in [4.69, 9.17) is 0 Å². The van der Waals surface area contributed by atoms with E-state index < -0.39 is 32.3 Å². The molecule has 0 aromatic rings. The van der Waals surface area contributed by atoms with Crippen LogP contribution in [0.5, 0.6) is 0 Å². The van der Waals surface area contributed by atoms with Crippen molar-refractivity contribution in [3.8, 4) is 0 Å². The van der Waals surface area contributed by atoms with Crippen molar-refractivity contribution in [3.05, 3.63) is 12.2 Å². The average Bonchev–Trinajstić information content (AvgIpc) is 3.57. The molecule has 4 aliphatic rings. The standard InChI is InChI=1S/C23H35N3O5S/c1-16-8-5-3-4-6-9-17-15-23(17,21(29)25-32(30,31)22(2)11-12-22)24-20(28)18-10-7-13-26(18)19(27)14-16/h6,9,16-18H,3-5,7-8,10-15H2,1-2H3,(H,24,28)(H,25,29)/b9-6-/t16-,17-,18+,23-/m1/s1. The highest BCUT2D eigenvalue weighted by atomic mass is 32.2. The summed E-state index contributed by atoms with van der Waals surface area (Å²) < 4.78 is 26.6. The quantitative estimate of drug-likeness (QED) is 0.619. The lowest BCUT2D eigenvalue weighted by molar-refractivity contribution is -0.140. The van der Waals surface area contributed by atoms with Crippen LogP contribution in [0, 0.1) is 11.8 Å². The maximum absolute atomic E-state index is 13.2. The normalized spacial score (nSPS) is 36.1. The van der Waals surface area contributed by atoms with Crippen LogP contribution in [0.2, 0.25) is 0 Å². The van der Waals surface area contributed by atoms with Crippen LogP contribution in [0.4, 0.5) is 0 Å². The van der Waals surface area contributed by atoms with Gasteiger partial charge in [-0.05, 0) is 57.8 Å². The van der Waals surface area contributed by atoms with E-state index in [0.717, 1.165) is 32.1 Å². The third-order valence-corrected chi connectivity index (χ3v) is 9.84. The molecule has 0 bridgehead atoms. The fourth-order valence-electron chi connectivity index (χ4n) is 4.94. The number of fused-ring (bicyclic) bond motifs is 2. The molecule has 8 nitrogen and oxygen atoms in total. The summed E-state index contributed by atoms with van der Waals surface area (Å²) in [4.78, 5) is 40.9. The van der Waals surface area contributed by atoms with Gasteiger partial charge >= 0.3 is 0 Å². The molecule has 0 spiro atoms. The molecule has 0 radical (unpaired) electrons. The topological polar surface area (TPSA) is 113 Å². The lowest BCUT2D eigenvalue weighted by atomic mass is 9.99. The highest BCUT2D eigenvalue weighted by Gasteiger charge is 2.62. The van der Waals surface area contributed by atoms with Gasteiger partial charge in [0.2, 0.25) is 21.8 Å². The number of sulfonamides is 1. The van der Waals surface area contributed by atoms with Gasteiger partial charge in [0, 0.05) is 18.9 Å². The minimum Gasteiger partial charge on any atom is -0.339 e. The number of hydrogen-bond donors (Lipinski definition) is 2. The molecule has 32 heavy (non-hydrogen) atoms. The number of nitrogens with zero attached hydrogens (tertiary/aromatic N) is 1. The van der Waals surface area contributed by atoms with Crippen LogP contribution in [0.15, 0.2) is 12.2 Å². The summed E-state index contributed by atoms with van der Waals surface area (Å²) in [7, 11) is -3.80. The third-order valence-electron chi connectivity index (χ3n) is 7.68. The monoisotopic (exact) mass is 465 g/mol. The molecule has 2 heterocycles. The van der Waals surface area contributed by atoms with Crippen LogP contribution >= 0.6 is 0 Å². The Morgan fingerprint density at radius 3 is 2.66 bits per heavy atom. The Balaban J connectivity index is 1.56. The molecule has 2 aliphatic carbocycles. The predicted octanol–water partition coefficient (Wildman–Crippen LogP) is 2.01. The highest BCUT2D eigenvalue weighted by Crippen LogP contribution is 2.47. The summed E-state index contributed by atoms with van der Waals surface area (Å²) in [5.74, 6) is -1.02. The molecule has 9 heteroatoms. The fourth-order valence-corrected chi connectivity index (χ4v) is 6.25. The Kier molecular flexibility index (Phi) is 6.15. The zero-order valence-electron chi connectivity index (χ0n) is 19.1. The minimum atomic E-state index is -3.80. The molecular weight excluding hydrogens is 430 g/mol. The van der Waals surface area contributed by atoms with Crippen molar-refractivity contribution in [3.63, 3.8) is 0 Å².